The Balaban J connectivity index is 3.29. The SMILES string of the molecule is CCOC(=O)C(=O)c1cccc(Cl)c1C(C)(F)F. The summed E-state index contributed by atoms with van der Waals surface area (Å²) in [4.78, 5) is 23.0. The zero-order valence-corrected chi connectivity index (χ0v) is 10.6. The average Bonchev–Trinajstić information content (AvgIpc) is 2.26. The highest BCUT2D eigenvalue weighted by atomic mass is 35.5. The van der Waals surface area contributed by atoms with Crippen LogP contribution in [0, 0.1) is 0 Å². The molecule has 1 rings (SSSR count). The number of rotatable bonds is 4. The number of alkyl halides is 2. The standard InChI is InChI=1S/C12H11ClF2O3/c1-3-18-11(17)10(16)7-5-4-6-8(13)9(7)12(2,14)15/h4-6H,3H2,1-2H3. The van der Waals surface area contributed by atoms with Crippen molar-refractivity contribution in [3.05, 3.63) is 34.3 Å². The number of benzene rings is 1. The summed E-state index contributed by atoms with van der Waals surface area (Å²) in [6.07, 6.45) is 0. The van der Waals surface area contributed by atoms with Crippen LogP contribution >= 0.6 is 11.6 Å². The van der Waals surface area contributed by atoms with Gasteiger partial charge >= 0.3 is 5.97 Å². The van der Waals surface area contributed by atoms with Crippen molar-refractivity contribution in [2.24, 2.45) is 0 Å². The highest BCUT2D eigenvalue weighted by molar-refractivity contribution is 6.42. The van der Waals surface area contributed by atoms with Gasteiger partial charge < -0.3 is 4.74 Å². The van der Waals surface area contributed by atoms with Crippen LogP contribution in [0.5, 0.6) is 0 Å². The predicted octanol–water partition coefficient (Wildman–Crippen LogP) is 3.20. The normalized spacial score (nSPS) is 11.2. The van der Waals surface area contributed by atoms with Crippen molar-refractivity contribution < 1.29 is 23.1 Å². The third-order valence-electron chi connectivity index (χ3n) is 2.16. The van der Waals surface area contributed by atoms with E-state index in [4.69, 9.17) is 11.6 Å². The fourth-order valence-electron chi connectivity index (χ4n) is 1.47. The quantitative estimate of drug-likeness (QED) is 0.482. The van der Waals surface area contributed by atoms with E-state index in [1.807, 2.05) is 0 Å². The average molecular weight is 277 g/mol. The zero-order valence-electron chi connectivity index (χ0n) is 9.80. The Hall–Kier alpha value is -1.49. The van der Waals surface area contributed by atoms with Crippen LogP contribution in [0.25, 0.3) is 0 Å². The van der Waals surface area contributed by atoms with E-state index in [0.29, 0.717) is 6.92 Å². The molecule has 0 aliphatic carbocycles. The summed E-state index contributed by atoms with van der Waals surface area (Å²) in [7, 11) is 0. The zero-order chi connectivity index (χ0) is 13.9. The molecular weight excluding hydrogens is 266 g/mol. The van der Waals surface area contributed by atoms with Crippen molar-refractivity contribution in [2.75, 3.05) is 6.61 Å². The Bertz CT molecular complexity index is 481. The number of esters is 1. The molecule has 0 unspecified atom stereocenters. The van der Waals surface area contributed by atoms with Crippen LogP contribution in [0.3, 0.4) is 0 Å². The minimum Gasteiger partial charge on any atom is -0.460 e. The highest BCUT2D eigenvalue weighted by Crippen LogP contribution is 2.35. The summed E-state index contributed by atoms with van der Waals surface area (Å²) in [6.45, 7) is 2.11. The van der Waals surface area contributed by atoms with Crippen molar-refractivity contribution in [1.29, 1.82) is 0 Å². The Morgan fingerprint density at radius 1 is 1.39 bits per heavy atom. The molecule has 0 aliphatic heterocycles. The third kappa shape index (κ3) is 3.04. The second-order valence-corrected chi connectivity index (χ2v) is 4.01. The summed E-state index contributed by atoms with van der Waals surface area (Å²) in [5.74, 6) is -5.63. The van der Waals surface area contributed by atoms with Crippen LogP contribution < -0.4 is 0 Å². The lowest BCUT2D eigenvalue weighted by Crippen LogP contribution is -2.22. The summed E-state index contributed by atoms with van der Waals surface area (Å²) in [5, 5.41) is -0.266. The Morgan fingerprint density at radius 3 is 2.50 bits per heavy atom. The second kappa shape index (κ2) is 5.44. The highest BCUT2D eigenvalue weighted by Gasteiger charge is 2.34. The summed E-state index contributed by atoms with van der Waals surface area (Å²) in [6, 6.07) is 3.68. The van der Waals surface area contributed by atoms with Gasteiger partial charge in [-0.3, -0.25) is 4.79 Å². The molecular formula is C12H11ClF2O3. The molecule has 0 radical (unpaired) electrons. The number of ether oxygens (including phenoxy) is 1. The predicted molar refractivity (Wildman–Crippen MR) is 62.0 cm³/mol. The molecule has 1 aromatic carbocycles. The van der Waals surface area contributed by atoms with E-state index in [1.165, 1.54) is 19.1 Å². The summed E-state index contributed by atoms with van der Waals surface area (Å²) >= 11 is 5.66. The van der Waals surface area contributed by atoms with Crippen molar-refractivity contribution in [3.8, 4) is 0 Å². The van der Waals surface area contributed by atoms with Gasteiger partial charge in [-0.25, -0.2) is 13.6 Å². The first-order chi connectivity index (χ1) is 8.29. The minimum absolute atomic E-state index is 0.0109. The first-order valence-corrected chi connectivity index (χ1v) is 5.55. The molecule has 0 amide bonds. The number of hydrogen-bond acceptors (Lipinski definition) is 3. The number of carbonyl (C=O) groups excluding carboxylic acids is 2. The van der Waals surface area contributed by atoms with Crippen LogP contribution in [0.15, 0.2) is 18.2 Å². The Labute approximate surface area is 108 Å². The lowest BCUT2D eigenvalue weighted by Gasteiger charge is -2.16. The number of carbonyl (C=O) groups is 2. The third-order valence-corrected chi connectivity index (χ3v) is 2.47. The van der Waals surface area contributed by atoms with Crippen molar-refractivity contribution in [2.45, 2.75) is 19.8 Å². The molecule has 0 aromatic heterocycles. The molecule has 0 atom stereocenters. The maximum absolute atomic E-state index is 13.4. The Kier molecular flexibility index (Phi) is 4.40. The molecule has 0 bridgehead atoms. The Morgan fingerprint density at radius 2 is 2.00 bits per heavy atom. The van der Waals surface area contributed by atoms with Crippen LogP contribution in [-0.2, 0) is 15.5 Å². The smallest absolute Gasteiger partial charge is 0.379 e. The molecule has 6 heteroatoms. The largest absolute Gasteiger partial charge is 0.460 e. The molecule has 0 heterocycles. The van der Waals surface area contributed by atoms with Crippen molar-refractivity contribution in [1.82, 2.24) is 0 Å². The molecule has 0 spiro atoms. The van der Waals surface area contributed by atoms with Crippen LogP contribution in [0.4, 0.5) is 8.78 Å². The number of Topliss-reactive ketones (excluding diaryl/α,β-unsaturated/α-hetero) is 1. The van der Waals surface area contributed by atoms with E-state index in [0.717, 1.165) is 6.07 Å². The van der Waals surface area contributed by atoms with Crippen LogP contribution in [0.1, 0.15) is 29.8 Å². The van der Waals surface area contributed by atoms with E-state index >= 15 is 0 Å². The topological polar surface area (TPSA) is 43.4 Å². The van der Waals surface area contributed by atoms with Gasteiger partial charge in [-0.2, -0.15) is 0 Å². The van der Waals surface area contributed by atoms with Gasteiger partial charge in [0, 0.05) is 12.5 Å². The molecule has 3 nitrogen and oxygen atoms in total. The molecule has 0 saturated heterocycles. The van der Waals surface area contributed by atoms with Gasteiger partial charge in [-0.15, -0.1) is 0 Å². The maximum Gasteiger partial charge on any atom is 0.379 e. The molecule has 0 aliphatic rings. The molecule has 98 valence electrons. The molecule has 18 heavy (non-hydrogen) atoms. The molecule has 0 N–H and O–H groups in total. The molecule has 1 aromatic rings. The number of ketones is 1. The van der Waals surface area contributed by atoms with Gasteiger partial charge in [-0.1, -0.05) is 23.7 Å². The van der Waals surface area contributed by atoms with E-state index < -0.39 is 28.8 Å². The fraction of sp³-hybridized carbons (Fsp3) is 0.333. The second-order valence-electron chi connectivity index (χ2n) is 3.60. The van der Waals surface area contributed by atoms with E-state index in [9.17, 15) is 18.4 Å². The van der Waals surface area contributed by atoms with Crippen LogP contribution in [0.2, 0.25) is 5.02 Å². The van der Waals surface area contributed by atoms with E-state index in [2.05, 4.69) is 4.74 Å². The monoisotopic (exact) mass is 276 g/mol. The van der Waals surface area contributed by atoms with E-state index in [-0.39, 0.29) is 11.6 Å². The lowest BCUT2D eigenvalue weighted by atomic mass is 9.99. The number of hydrogen-bond donors (Lipinski definition) is 0. The van der Waals surface area contributed by atoms with Gasteiger partial charge in [0.15, 0.2) is 0 Å². The number of halogens is 3. The molecule has 0 fully saturated rings. The summed E-state index contributed by atoms with van der Waals surface area (Å²) < 4.78 is 31.3. The van der Waals surface area contributed by atoms with Crippen molar-refractivity contribution in [3.63, 3.8) is 0 Å². The fourth-order valence-corrected chi connectivity index (χ4v) is 1.81. The first kappa shape index (κ1) is 14.6. The van der Waals surface area contributed by atoms with Crippen molar-refractivity contribution >= 4 is 23.4 Å². The maximum atomic E-state index is 13.4. The molecule has 0 saturated carbocycles. The van der Waals surface area contributed by atoms with Gasteiger partial charge in [0.25, 0.3) is 11.7 Å². The van der Waals surface area contributed by atoms with Gasteiger partial charge in [0.2, 0.25) is 0 Å². The van der Waals surface area contributed by atoms with Gasteiger partial charge in [0.05, 0.1) is 17.2 Å². The summed E-state index contributed by atoms with van der Waals surface area (Å²) in [5.41, 5.74) is -1.10. The van der Waals surface area contributed by atoms with Crippen LogP contribution in [-0.4, -0.2) is 18.4 Å². The lowest BCUT2D eigenvalue weighted by molar-refractivity contribution is -0.137. The van der Waals surface area contributed by atoms with E-state index in [1.54, 1.807) is 0 Å². The first-order valence-electron chi connectivity index (χ1n) is 5.17. The van der Waals surface area contributed by atoms with Gasteiger partial charge in [-0.05, 0) is 13.0 Å². The minimum atomic E-state index is -3.32. The van der Waals surface area contributed by atoms with Gasteiger partial charge in [0.1, 0.15) is 0 Å².